The van der Waals surface area contributed by atoms with Crippen LogP contribution in [0.25, 0.3) is 0 Å². The van der Waals surface area contributed by atoms with Gasteiger partial charge in [0.1, 0.15) is 23.2 Å². The van der Waals surface area contributed by atoms with Crippen molar-refractivity contribution in [3.05, 3.63) is 22.8 Å². The standard InChI is InChI=1S/C25H34O5/c1-14-11-19(28)17-12-25(30-22(17)18(14)13-26)15(2)7-8-20-23(4,5)21(29-16(3)27)9-10-24(20,25)6/h11,13,15,20-21,28H,7-10,12H2,1-6H3/t15-,20+,21-,24+,25-/m1/s1. The van der Waals surface area contributed by atoms with Crippen LogP contribution in [-0.4, -0.2) is 29.1 Å². The van der Waals surface area contributed by atoms with Crippen LogP contribution in [0.15, 0.2) is 6.07 Å². The highest BCUT2D eigenvalue weighted by molar-refractivity contribution is 5.84. The van der Waals surface area contributed by atoms with Crippen molar-refractivity contribution in [1.82, 2.24) is 0 Å². The fourth-order valence-electron chi connectivity index (χ4n) is 7.18. The molecule has 5 nitrogen and oxygen atoms in total. The molecule has 0 aromatic heterocycles. The maximum absolute atomic E-state index is 11.9. The number of carbonyl (C=O) groups is 2. The molecule has 0 saturated heterocycles. The Hall–Kier alpha value is -2.04. The van der Waals surface area contributed by atoms with Crippen LogP contribution < -0.4 is 4.74 Å². The van der Waals surface area contributed by atoms with Crippen LogP contribution >= 0.6 is 0 Å². The van der Waals surface area contributed by atoms with Crippen LogP contribution in [-0.2, 0) is 16.0 Å². The first-order valence-electron chi connectivity index (χ1n) is 11.1. The summed E-state index contributed by atoms with van der Waals surface area (Å²) in [6.45, 7) is 12.3. The third kappa shape index (κ3) is 2.66. The summed E-state index contributed by atoms with van der Waals surface area (Å²) in [5, 5.41) is 10.7. The first-order valence-corrected chi connectivity index (χ1v) is 11.1. The van der Waals surface area contributed by atoms with Gasteiger partial charge in [-0.05, 0) is 56.1 Å². The molecule has 164 valence electrons. The van der Waals surface area contributed by atoms with Gasteiger partial charge in [0.05, 0.1) is 5.56 Å². The van der Waals surface area contributed by atoms with Gasteiger partial charge in [0, 0.05) is 29.7 Å². The van der Waals surface area contributed by atoms with Crippen molar-refractivity contribution in [2.24, 2.45) is 22.7 Å². The number of aldehydes is 1. The highest BCUT2D eigenvalue weighted by Crippen LogP contribution is 2.67. The molecule has 1 aliphatic heterocycles. The van der Waals surface area contributed by atoms with Crippen LogP contribution in [0.3, 0.4) is 0 Å². The fraction of sp³-hybridized carbons (Fsp3) is 0.680. The fourth-order valence-corrected chi connectivity index (χ4v) is 7.18. The first-order chi connectivity index (χ1) is 14.0. The Bertz CT molecular complexity index is 903. The van der Waals surface area contributed by atoms with Gasteiger partial charge in [-0.15, -0.1) is 0 Å². The molecule has 1 heterocycles. The van der Waals surface area contributed by atoms with Gasteiger partial charge in [0.25, 0.3) is 0 Å². The summed E-state index contributed by atoms with van der Waals surface area (Å²) in [6.07, 6.45) is 5.07. The number of hydrogen-bond donors (Lipinski definition) is 1. The molecule has 0 bridgehead atoms. The second kappa shape index (κ2) is 6.73. The number of carbonyl (C=O) groups excluding carboxylic acids is 2. The van der Waals surface area contributed by atoms with Crippen molar-refractivity contribution >= 4 is 12.3 Å². The Kier molecular flexibility index (Phi) is 4.76. The van der Waals surface area contributed by atoms with Crippen molar-refractivity contribution in [3.63, 3.8) is 0 Å². The summed E-state index contributed by atoms with van der Waals surface area (Å²) in [7, 11) is 0. The lowest BCUT2D eigenvalue weighted by Gasteiger charge is -2.64. The van der Waals surface area contributed by atoms with Gasteiger partial charge in [0.2, 0.25) is 0 Å². The summed E-state index contributed by atoms with van der Waals surface area (Å²) in [4.78, 5) is 23.6. The van der Waals surface area contributed by atoms with Crippen LogP contribution in [0.2, 0.25) is 0 Å². The third-order valence-electron chi connectivity index (χ3n) is 8.83. The van der Waals surface area contributed by atoms with Crippen molar-refractivity contribution in [2.45, 2.75) is 85.4 Å². The number of hydrogen-bond acceptors (Lipinski definition) is 5. The van der Waals surface area contributed by atoms with E-state index in [1.165, 1.54) is 6.92 Å². The maximum atomic E-state index is 11.9. The summed E-state index contributed by atoms with van der Waals surface area (Å²) in [5.41, 5.74) is 1.21. The molecule has 1 N–H and O–H groups in total. The normalized spacial score (nSPS) is 36.5. The second-order valence-corrected chi connectivity index (χ2v) is 10.6. The molecule has 3 aliphatic rings. The number of phenolic OH excluding ortho intramolecular Hbond substituents is 1. The quantitative estimate of drug-likeness (QED) is 0.545. The van der Waals surface area contributed by atoms with Gasteiger partial charge in [-0.1, -0.05) is 27.7 Å². The van der Waals surface area contributed by atoms with E-state index in [4.69, 9.17) is 9.47 Å². The van der Waals surface area contributed by atoms with Gasteiger partial charge in [0.15, 0.2) is 6.29 Å². The van der Waals surface area contributed by atoms with E-state index in [9.17, 15) is 14.7 Å². The van der Waals surface area contributed by atoms with Crippen molar-refractivity contribution in [3.8, 4) is 11.5 Å². The third-order valence-corrected chi connectivity index (χ3v) is 8.83. The lowest BCUT2D eigenvalue weighted by atomic mass is 9.43. The SMILES string of the molecule is CC(=O)O[C@@H]1CC[C@@]2(C)[C@@H](CC[C@@H](C)[C@]23Cc2c(O)cc(C)c(C=O)c2O3)C1(C)C. The molecule has 2 aliphatic carbocycles. The van der Waals surface area contributed by atoms with Crippen molar-refractivity contribution < 1.29 is 24.2 Å². The molecular weight excluding hydrogens is 380 g/mol. The highest BCUT2D eigenvalue weighted by Gasteiger charge is 2.67. The van der Waals surface area contributed by atoms with E-state index in [2.05, 4.69) is 27.7 Å². The molecule has 5 heteroatoms. The number of phenols is 1. The number of fused-ring (bicyclic) bond motifs is 3. The number of esters is 1. The number of benzene rings is 1. The van der Waals surface area contributed by atoms with E-state index >= 15 is 0 Å². The van der Waals surface area contributed by atoms with E-state index in [1.54, 1.807) is 6.07 Å². The molecule has 1 spiro atoms. The second-order valence-electron chi connectivity index (χ2n) is 10.6. The molecule has 0 unspecified atom stereocenters. The molecule has 0 radical (unpaired) electrons. The van der Waals surface area contributed by atoms with Crippen molar-refractivity contribution in [1.29, 1.82) is 0 Å². The topological polar surface area (TPSA) is 72.8 Å². The Morgan fingerprint density at radius 2 is 1.97 bits per heavy atom. The predicted octanol–water partition coefficient (Wildman–Crippen LogP) is 4.99. The average Bonchev–Trinajstić information content (AvgIpc) is 3.05. The minimum absolute atomic E-state index is 0.108. The number of rotatable bonds is 2. The molecule has 30 heavy (non-hydrogen) atoms. The predicted molar refractivity (Wildman–Crippen MR) is 114 cm³/mol. The Morgan fingerprint density at radius 3 is 2.60 bits per heavy atom. The minimum Gasteiger partial charge on any atom is -0.508 e. The number of aryl methyl sites for hydroxylation is 1. The van der Waals surface area contributed by atoms with Gasteiger partial charge < -0.3 is 14.6 Å². The van der Waals surface area contributed by atoms with E-state index in [-0.39, 0.29) is 34.6 Å². The van der Waals surface area contributed by atoms with Gasteiger partial charge >= 0.3 is 5.97 Å². The summed E-state index contributed by atoms with van der Waals surface area (Å²) >= 11 is 0. The van der Waals surface area contributed by atoms with Gasteiger partial charge in [-0.3, -0.25) is 9.59 Å². The average molecular weight is 415 g/mol. The smallest absolute Gasteiger partial charge is 0.302 e. The maximum Gasteiger partial charge on any atom is 0.302 e. The molecule has 0 amide bonds. The number of aromatic hydroxyl groups is 1. The number of ether oxygens (including phenoxy) is 2. The molecule has 1 aromatic carbocycles. The zero-order valence-electron chi connectivity index (χ0n) is 19.0. The Labute approximate surface area is 179 Å². The van der Waals surface area contributed by atoms with Gasteiger partial charge in [-0.25, -0.2) is 0 Å². The Morgan fingerprint density at radius 1 is 1.27 bits per heavy atom. The monoisotopic (exact) mass is 414 g/mol. The largest absolute Gasteiger partial charge is 0.508 e. The van der Waals surface area contributed by atoms with E-state index in [0.29, 0.717) is 23.7 Å². The zero-order chi connectivity index (χ0) is 22.1. The van der Waals surface area contributed by atoms with Gasteiger partial charge in [-0.2, -0.15) is 0 Å². The van der Waals surface area contributed by atoms with Crippen LogP contribution in [0, 0.1) is 29.6 Å². The van der Waals surface area contributed by atoms with Crippen molar-refractivity contribution in [2.75, 3.05) is 0 Å². The molecule has 5 atom stereocenters. The molecule has 2 fully saturated rings. The van der Waals surface area contributed by atoms with E-state index in [0.717, 1.165) is 43.1 Å². The summed E-state index contributed by atoms with van der Waals surface area (Å²) in [5.74, 6) is 1.14. The molecule has 4 rings (SSSR count). The molecule has 1 aromatic rings. The van der Waals surface area contributed by atoms with E-state index < -0.39 is 5.60 Å². The molecular formula is C25H34O5. The Balaban J connectivity index is 1.81. The highest BCUT2D eigenvalue weighted by atomic mass is 16.5. The van der Waals surface area contributed by atoms with Crippen LogP contribution in [0.4, 0.5) is 0 Å². The minimum atomic E-state index is -0.486. The zero-order valence-corrected chi connectivity index (χ0v) is 19.0. The van der Waals surface area contributed by atoms with Crippen LogP contribution in [0.1, 0.15) is 81.8 Å². The lowest BCUT2D eigenvalue weighted by molar-refractivity contribution is -0.218. The van der Waals surface area contributed by atoms with E-state index in [1.807, 2.05) is 6.92 Å². The summed E-state index contributed by atoms with van der Waals surface area (Å²) in [6, 6.07) is 1.68. The summed E-state index contributed by atoms with van der Waals surface area (Å²) < 4.78 is 12.6. The first kappa shape index (κ1) is 21.2. The lowest BCUT2D eigenvalue weighted by Crippen LogP contribution is -2.67. The molecule has 2 saturated carbocycles. The van der Waals surface area contributed by atoms with Crippen LogP contribution in [0.5, 0.6) is 11.5 Å².